The van der Waals surface area contributed by atoms with Crippen molar-refractivity contribution < 1.29 is 22.2 Å². The van der Waals surface area contributed by atoms with Crippen molar-refractivity contribution in [1.82, 2.24) is 15.1 Å². The lowest BCUT2D eigenvalue weighted by Gasteiger charge is -2.27. The van der Waals surface area contributed by atoms with Crippen molar-refractivity contribution in [2.24, 2.45) is 0 Å². The molecule has 2 heterocycles. The Balaban J connectivity index is 1.68. The lowest BCUT2D eigenvalue weighted by Crippen LogP contribution is -2.48. The van der Waals surface area contributed by atoms with Crippen LogP contribution in [-0.2, 0) is 21.8 Å². The molecule has 4 rings (SSSR count). The van der Waals surface area contributed by atoms with Gasteiger partial charge in [-0.3, -0.25) is 9.00 Å². The SMILES string of the molecule is Cc1cc(N2CC(S(C)=O)CC2C(=O)NC2(C#N)CC2)n(-c2ccc(C(F)(F)F)cc2)n1. The first-order valence-electron chi connectivity index (χ1n) is 10.1. The van der Waals surface area contributed by atoms with Crippen LogP contribution in [0.25, 0.3) is 5.69 Å². The van der Waals surface area contributed by atoms with Gasteiger partial charge in [0.2, 0.25) is 5.91 Å². The average Bonchev–Trinajstić information content (AvgIpc) is 3.18. The van der Waals surface area contributed by atoms with Gasteiger partial charge in [-0.1, -0.05) is 0 Å². The third-order valence-electron chi connectivity index (χ3n) is 5.91. The van der Waals surface area contributed by atoms with E-state index < -0.39 is 34.1 Å². The average molecular weight is 466 g/mol. The molecule has 1 aromatic carbocycles. The molecule has 1 N–H and O–H groups in total. The van der Waals surface area contributed by atoms with E-state index in [1.165, 1.54) is 16.8 Å². The molecule has 0 bridgehead atoms. The first kappa shape index (κ1) is 22.3. The molecule has 1 aliphatic carbocycles. The van der Waals surface area contributed by atoms with Gasteiger partial charge in [0.05, 0.1) is 28.3 Å². The van der Waals surface area contributed by atoms with Gasteiger partial charge in [-0.05, 0) is 50.5 Å². The number of rotatable bonds is 5. The number of carbonyl (C=O) groups is 1. The van der Waals surface area contributed by atoms with E-state index in [9.17, 15) is 27.4 Å². The van der Waals surface area contributed by atoms with Crippen LogP contribution in [-0.4, -0.2) is 49.5 Å². The number of nitriles is 1. The minimum absolute atomic E-state index is 0.265. The van der Waals surface area contributed by atoms with Gasteiger partial charge in [0.25, 0.3) is 0 Å². The second-order valence-corrected chi connectivity index (χ2v) is 9.97. The third-order valence-corrected chi connectivity index (χ3v) is 7.19. The number of aromatic nitrogens is 2. The summed E-state index contributed by atoms with van der Waals surface area (Å²) in [6, 6.07) is 7.84. The molecule has 2 aromatic rings. The molecule has 2 aliphatic rings. The van der Waals surface area contributed by atoms with Crippen LogP contribution in [0.15, 0.2) is 30.3 Å². The molecule has 11 heteroatoms. The number of amides is 1. The van der Waals surface area contributed by atoms with Gasteiger partial charge < -0.3 is 10.2 Å². The normalized spacial score (nSPS) is 22.9. The lowest BCUT2D eigenvalue weighted by molar-refractivity contribution is -0.137. The molecule has 0 spiro atoms. The van der Waals surface area contributed by atoms with Gasteiger partial charge >= 0.3 is 6.18 Å². The number of anilines is 1. The van der Waals surface area contributed by atoms with Crippen LogP contribution in [0.1, 0.15) is 30.5 Å². The number of carbonyl (C=O) groups excluding carboxylic acids is 1. The molecule has 1 saturated heterocycles. The van der Waals surface area contributed by atoms with Crippen molar-refractivity contribution in [3.8, 4) is 11.8 Å². The van der Waals surface area contributed by atoms with Crippen LogP contribution >= 0.6 is 0 Å². The minimum Gasteiger partial charge on any atom is -0.343 e. The van der Waals surface area contributed by atoms with Crippen molar-refractivity contribution in [2.45, 2.75) is 49.2 Å². The summed E-state index contributed by atoms with van der Waals surface area (Å²) < 4.78 is 52.6. The largest absolute Gasteiger partial charge is 0.416 e. The van der Waals surface area contributed by atoms with Crippen LogP contribution in [0.2, 0.25) is 0 Å². The first-order chi connectivity index (χ1) is 15.0. The highest BCUT2D eigenvalue weighted by molar-refractivity contribution is 7.84. The summed E-state index contributed by atoms with van der Waals surface area (Å²) in [6.45, 7) is 2.08. The van der Waals surface area contributed by atoms with Crippen LogP contribution < -0.4 is 10.2 Å². The van der Waals surface area contributed by atoms with Gasteiger partial charge in [0.1, 0.15) is 17.4 Å². The van der Waals surface area contributed by atoms with Gasteiger partial charge in [-0.2, -0.15) is 23.5 Å². The Morgan fingerprint density at radius 3 is 2.50 bits per heavy atom. The molecular formula is C21H22F3N5O2S. The summed E-state index contributed by atoms with van der Waals surface area (Å²) >= 11 is 0. The second kappa shape index (κ2) is 7.92. The molecule has 170 valence electrons. The number of halogens is 3. The van der Waals surface area contributed by atoms with Gasteiger partial charge in [-0.25, -0.2) is 4.68 Å². The molecule has 3 unspecified atom stereocenters. The van der Waals surface area contributed by atoms with Crippen LogP contribution in [0.4, 0.5) is 19.0 Å². The molecule has 2 fully saturated rings. The van der Waals surface area contributed by atoms with Crippen molar-refractivity contribution in [3.63, 3.8) is 0 Å². The van der Waals surface area contributed by atoms with Gasteiger partial charge in [-0.15, -0.1) is 0 Å². The minimum atomic E-state index is -4.45. The van der Waals surface area contributed by atoms with E-state index in [1.54, 1.807) is 24.1 Å². The number of alkyl halides is 3. The fraction of sp³-hybridized carbons (Fsp3) is 0.476. The van der Waals surface area contributed by atoms with Gasteiger partial charge in [0.15, 0.2) is 0 Å². The van der Waals surface area contributed by atoms with E-state index >= 15 is 0 Å². The Bertz CT molecular complexity index is 1100. The number of nitrogens with one attached hydrogen (secondary N) is 1. The summed E-state index contributed by atoms with van der Waals surface area (Å²) in [5.41, 5.74) is -0.568. The van der Waals surface area contributed by atoms with Crippen molar-refractivity contribution in [2.75, 3.05) is 17.7 Å². The van der Waals surface area contributed by atoms with E-state index in [-0.39, 0.29) is 11.2 Å². The zero-order chi connectivity index (χ0) is 23.3. The summed E-state index contributed by atoms with van der Waals surface area (Å²) in [5.74, 6) is 0.201. The number of nitrogens with zero attached hydrogens (tertiary/aromatic N) is 4. The summed E-state index contributed by atoms with van der Waals surface area (Å²) in [4.78, 5) is 14.8. The molecule has 3 atom stereocenters. The fourth-order valence-electron chi connectivity index (χ4n) is 3.92. The lowest BCUT2D eigenvalue weighted by atomic mass is 10.1. The highest BCUT2D eigenvalue weighted by atomic mass is 32.2. The molecule has 1 aliphatic heterocycles. The van der Waals surface area contributed by atoms with Crippen LogP contribution in [0.5, 0.6) is 0 Å². The van der Waals surface area contributed by atoms with Crippen molar-refractivity contribution in [3.05, 3.63) is 41.6 Å². The van der Waals surface area contributed by atoms with E-state index in [1.807, 2.05) is 0 Å². The number of benzene rings is 1. The molecule has 1 aromatic heterocycles. The van der Waals surface area contributed by atoms with E-state index in [0.29, 0.717) is 43.0 Å². The predicted molar refractivity (Wildman–Crippen MR) is 113 cm³/mol. The smallest absolute Gasteiger partial charge is 0.343 e. The van der Waals surface area contributed by atoms with Crippen molar-refractivity contribution >= 4 is 22.5 Å². The molecule has 0 radical (unpaired) electrons. The number of hydrogen-bond donors (Lipinski definition) is 1. The van der Waals surface area contributed by atoms with Crippen LogP contribution in [0.3, 0.4) is 0 Å². The predicted octanol–water partition coefficient (Wildman–Crippen LogP) is 2.70. The first-order valence-corrected chi connectivity index (χ1v) is 11.7. The Hall–Kier alpha value is -2.87. The maximum atomic E-state index is 13.1. The van der Waals surface area contributed by atoms with Crippen LogP contribution in [0, 0.1) is 18.3 Å². The van der Waals surface area contributed by atoms with E-state index in [0.717, 1.165) is 12.1 Å². The Morgan fingerprint density at radius 2 is 1.97 bits per heavy atom. The zero-order valence-electron chi connectivity index (χ0n) is 17.5. The molecule has 7 nitrogen and oxygen atoms in total. The summed E-state index contributed by atoms with van der Waals surface area (Å²) in [6.07, 6.45) is -1.34. The molecule has 1 amide bonds. The Labute approximate surface area is 185 Å². The Morgan fingerprint density at radius 1 is 1.31 bits per heavy atom. The number of aryl methyl sites for hydroxylation is 1. The fourth-order valence-corrected chi connectivity index (χ4v) is 4.74. The maximum absolute atomic E-state index is 13.1. The van der Waals surface area contributed by atoms with Gasteiger partial charge in [0, 0.05) is 29.7 Å². The topological polar surface area (TPSA) is 91.0 Å². The quantitative estimate of drug-likeness (QED) is 0.733. The van der Waals surface area contributed by atoms with E-state index in [2.05, 4.69) is 16.5 Å². The van der Waals surface area contributed by atoms with Crippen molar-refractivity contribution in [1.29, 1.82) is 5.26 Å². The highest BCUT2D eigenvalue weighted by Gasteiger charge is 2.48. The van der Waals surface area contributed by atoms with E-state index in [4.69, 9.17) is 0 Å². The Kier molecular flexibility index (Phi) is 5.53. The third kappa shape index (κ3) is 4.24. The maximum Gasteiger partial charge on any atom is 0.416 e. The molecule has 1 saturated carbocycles. The zero-order valence-corrected chi connectivity index (χ0v) is 18.3. The standard InChI is InChI=1S/C21H22F3N5O2S/c1-13-9-18(29(27-13)15-5-3-14(4-6-15)21(22,23)24)28-11-16(32(2)31)10-17(28)19(30)26-20(12-25)7-8-20/h3-6,9,16-17H,7-8,10-11H2,1-2H3,(H,26,30). The second-order valence-electron chi connectivity index (χ2n) is 8.31. The summed E-state index contributed by atoms with van der Waals surface area (Å²) in [5, 5.41) is 16.3. The highest BCUT2D eigenvalue weighted by Crippen LogP contribution is 2.36. The summed E-state index contributed by atoms with van der Waals surface area (Å²) in [7, 11) is -1.18. The monoisotopic (exact) mass is 465 g/mol. The molecule has 32 heavy (non-hydrogen) atoms. The number of hydrogen-bond acceptors (Lipinski definition) is 5. The molecular weight excluding hydrogens is 443 g/mol.